The van der Waals surface area contributed by atoms with Crippen LogP contribution in [0.2, 0.25) is 10.0 Å². The number of allylic oxidation sites excluding steroid dienone is 1. The van der Waals surface area contributed by atoms with E-state index in [0.29, 0.717) is 21.9 Å². The molecule has 0 radical (unpaired) electrons. The Bertz CT molecular complexity index is 529. The van der Waals surface area contributed by atoms with Crippen LogP contribution in [0.25, 0.3) is 0 Å². The van der Waals surface area contributed by atoms with Crippen LogP contribution in [0.1, 0.15) is 24.3 Å². The molecule has 18 heavy (non-hydrogen) atoms. The lowest BCUT2D eigenvalue weighted by Crippen LogP contribution is -2.25. The second kappa shape index (κ2) is 5.12. The van der Waals surface area contributed by atoms with E-state index < -0.39 is 0 Å². The van der Waals surface area contributed by atoms with Crippen molar-refractivity contribution in [2.75, 3.05) is 0 Å². The summed E-state index contributed by atoms with van der Waals surface area (Å²) in [6, 6.07) is 5.14. The minimum Gasteiger partial charge on any atom is -0.515 e. The molecule has 0 aromatic heterocycles. The molecule has 3 nitrogen and oxygen atoms in total. The van der Waals surface area contributed by atoms with Crippen LogP contribution in [0.4, 0.5) is 0 Å². The van der Waals surface area contributed by atoms with E-state index in [4.69, 9.17) is 28.3 Å². The zero-order valence-electron chi connectivity index (χ0n) is 9.32. The third-order valence-corrected chi connectivity index (χ3v) is 3.85. The van der Waals surface area contributed by atoms with Crippen molar-refractivity contribution in [1.82, 2.24) is 0 Å². The lowest BCUT2D eigenvalue weighted by Gasteiger charge is -2.22. The van der Waals surface area contributed by atoms with Crippen LogP contribution in [-0.2, 0) is 9.59 Å². The van der Waals surface area contributed by atoms with E-state index in [9.17, 15) is 9.59 Å². The van der Waals surface area contributed by atoms with Gasteiger partial charge in [0.1, 0.15) is 0 Å². The largest absolute Gasteiger partial charge is 0.515 e. The summed E-state index contributed by atoms with van der Waals surface area (Å²) < 4.78 is 0. The number of benzene rings is 1. The van der Waals surface area contributed by atoms with Gasteiger partial charge in [-0.25, -0.2) is 0 Å². The summed E-state index contributed by atoms with van der Waals surface area (Å²) in [5.41, 5.74) is 0.562. The lowest BCUT2D eigenvalue weighted by atomic mass is 9.80. The molecule has 2 rings (SSSR count). The van der Waals surface area contributed by atoms with Crippen LogP contribution < -0.4 is 0 Å². The maximum absolute atomic E-state index is 11.7. The van der Waals surface area contributed by atoms with Crippen molar-refractivity contribution in [2.24, 2.45) is 0 Å². The van der Waals surface area contributed by atoms with Crippen molar-refractivity contribution in [3.8, 4) is 0 Å². The number of Topliss-reactive ketones (excluding diaryl/α,β-unsaturated/α-hetero) is 2. The normalized spacial score (nSPS) is 20.1. The number of hydrogen-bond acceptors (Lipinski definition) is 3. The molecule has 1 saturated carbocycles. The SMILES string of the molecule is O=C1CC(c2cccc(Cl)c2Cl)CC(=O)C1=CO. The number of hydrogen-bond donors (Lipinski definition) is 1. The third kappa shape index (κ3) is 2.28. The molecular weight excluding hydrogens is 275 g/mol. The topological polar surface area (TPSA) is 54.4 Å². The van der Waals surface area contributed by atoms with Gasteiger partial charge in [0.15, 0.2) is 11.6 Å². The van der Waals surface area contributed by atoms with Crippen molar-refractivity contribution in [3.05, 3.63) is 45.6 Å². The maximum Gasteiger partial charge on any atom is 0.170 e. The van der Waals surface area contributed by atoms with Gasteiger partial charge < -0.3 is 5.11 Å². The Labute approximate surface area is 114 Å². The van der Waals surface area contributed by atoms with Crippen LogP contribution in [0.3, 0.4) is 0 Å². The molecule has 0 unspecified atom stereocenters. The van der Waals surface area contributed by atoms with Gasteiger partial charge in [-0.3, -0.25) is 9.59 Å². The Morgan fingerprint density at radius 3 is 2.33 bits per heavy atom. The first-order chi connectivity index (χ1) is 8.54. The first kappa shape index (κ1) is 13.1. The van der Waals surface area contributed by atoms with Crippen molar-refractivity contribution in [2.45, 2.75) is 18.8 Å². The quantitative estimate of drug-likeness (QED) is 0.488. The van der Waals surface area contributed by atoms with Gasteiger partial charge in [-0.05, 0) is 17.5 Å². The highest BCUT2D eigenvalue weighted by Gasteiger charge is 2.32. The zero-order chi connectivity index (χ0) is 13.3. The Hall–Kier alpha value is -1.32. The lowest BCUT2D eigenvalue weighted by molar-refractivity contribution is -0.124. The molecule has 0 bridgehead atoms. The average Bonchev–Trinajstić information content (AvgIpc) is 2.32. The highest BCUT2D eigenvalue weighted by atomic mass is 35.5. The van der Waals surface area contributed by atoms with Crippen molar-refractivity contribution >= 4 is 34.8 Å². The molecular formula is C13H10Cl2O3. The highest BCUT2D eigenvalue weighted by molar-refractivity contribution is 6.42. The van der Waals surface area contributed by atoms with Gasteiger partial charge >= 0.3 is 0 Å². The second-order valence-electron chi connectivity index (χ2n) is 4.14. The van der Waals surface area contributed by atoms with E-state index >= 15 is 0 Å². The molecule has 1 fully saturated rings. The molecule has 5 heteroatoms. The van der Waals surface area contributed by atoms with Crippen LogP contribution in [0, 0.1) is 0 Å². The summed E-state index contributed by atoms with van der Waals surface area (Å²) in [6.45, 7) is 0. The average molecular weight is 285 g/mol. The van der Waals surface area contributed by atoms with Crippen molar-refractivity contribution in [3.63, 3.8) is 0 Å². The zero-order valence-corrected chi connectivity index (χ0v) is 10.8. The van der Waals surface area contributed by atoms with E-state index in [2.05, 4.69) is 0 Å². The van der Waals surface area contributed by atoms with Crippen molar-refractivity contribution in [1.29, 1.82) is 0 Å². The third-order valence-electron chi connectivity index (χ3n) is 3.01. The van der Waals surface area contributed by atoms with E-state index in [-0.39, 0.29) is 35.9 Å². The monoisotopic (exact) mass is 284 g/mol. The molecule has 1 N–H and O–H groups in total. The molecule has 0 aliphatic heterocycles. The van der Waals surface area contributed by atoms with Gasteiger partial charge in [0.25, 0.3) is 0 Å². The Morgan fingerprint density at radius 2 is 1.78 bits per heavy atom. The fourth-order valence-corrected chi connectivity index (χ4v) is 2.56. The number of carbonyl (C=O) groups excluding carboxylic acids is 2. The first-order valence-corrected chi connectivity index (χ1v) is 6.15. The second-order valence-corrected chi connectivity index (χ2v) is 4.92. The fourth-order valence-electron chi connectivity index (χ4n) is 2.09. The molecule has 1 aliphatic carbocycles. The van der Waals surface area contributed by atoms with Crippen molar-refractivity contribution < 1.29 is 14.7 Å². The van der Waals surface area contributed by atoms with Crippen LogP contribution in [0.5, 0.6) is 0 Å². The van der Waals surface area contributed by atoms with Gasteiger partial charge in [0.05, 0.1) is 21.9 Å². The number of aliphatic hydroxyl groups is 1. The summed E-state index contributed by atoms with van der Waals surface area (Å²) in [7, 11) is 0. The minimum absolute atomic E-state index is 0.135. The summed E-state index contributed by atoms with van der Waals surface area (Å²) >= 11 is 12.0. The number of ketones is 2. The molecule has 1 aliphatic rings. The first-order valence-electron chi connectivity index (χ1n) is 5.39. The number of aliphatic hydroxyl groups excluding tert-OH is 1. The van der Waals surface area contributed by atoms with Crippen LogP contribution in [-0.4, -0.2) is 16.7 Å². The van der Waals surface area contributed by atoms with Gasteiger partial charge in [-0.1, -0.05) is 35.3 Å². The van der Waals surface area contributed by atoms with Gasteiger partial charge in [0, 0.05) is 12.8 Å². The molecule has 0 atom stereocenters. The van der Waals surface area contributed by atoms with E-state index in [1.165, 1.54) is 0 Å². The standard InChI is InChI=1S/C13H10Cl2O3/c14-10-3-1-2-8(13(10)15)7-4-11(17)9(6-16)12(18)5-7/h1-3,6-7,16H,4-5H2. The molecule has 94 valence electrons. The minimum atomic E-state index is -0.366. The summed E-state index contributed by atoms with van der Waals surface area (Å²) in [5.74, 6) is -1.01. The van der Waals surface area contributed by atoms with Gasteiger partial charge in [-0.15, -0.1) is 0 Å². The van der Waals surface area contributed by atoms with E-state index in [0.717, 1.165) is 0 Å². The molecule has 1 aromatic carbocycles. The summed E-state index contributed by atoms with van der Waals surface area (Å²) in [6.07, 6.45) is 0.886. The molecule has 0 heterocycles. The predicted octanol–water partition coefficient (Wildman–Crippen LogP) is 3.45. The number of halogens is 2. The highest BCUT2D eigenvalue weighted by Crippen LogP contribution is 2.37. The smallest absolute Gasteiger partial charge is 0.170 e. The molecule has 0 amide bonds. The summed E-state index contributed by atoms with van der Waals surface area (Å²) in [4.78, 5) is 23.4. The fraction of sp³-hybridized carbons (Fsp3) is 0.231. The van der Waals surface area contributed by atoms with Crippen LogP contribution in [0.15, 0.2) is 30.0 Å². The molecule has 0 saturated heterocycles. The summed E-state index contributed by atoms with van der Waals surface area (Å²) in [5, 5.41) is 9.61. The molecule has 1 aromatic rings. The Morgan fingerprint density at radius 1 is 1.17 bits per heavy atom. The maximum atomic E-state index is 11.7. The Kier molecular flexibility index (Phi) is 3.73. The number of carbonyl (C=O) groups is 2. The predicted molar refractivity (Wildman–Crippen MR) is 69.2 cm³/mol. The molecule has 0 spiro atoms. The van der Waals surface area contributed by atoms with E-state index in [1.54, 1.807) is 18.2 Å². The Balaban J connectivity index is 2.34. The van der Waals surface area contributed by atoms with Gasteiger partial charge in [0.2, 0.25) is 0 Å². The number of rotatable bonds is 1. The van der Waals surface area contributed by atoms with Gasteiger partial charge in [-0.2, -0.15) is 0 Å². The van der Waals surface area contributed by atoms with Crippen LogP contribution >= 0.6 is 23.2 Å². The van der Waals surface area contributed by atoms with E-state index in [1.807, 2.05) is 0 Å².